The highest BCUT2D eigenvalue weighted by Crippen LogP contribution is 2.31. The molecule has 2 rings (SSSR count). The van der Waals surface area contributed by atoms with Crippen molar-refractivity contribution in [3.05, 3.63) is 11.7 Å². The molecule has 0 fully saturated rings. The van der Waals surface area contributed by atoms with Gasteiger partial charge >= 0.3 is 0 Å². The number of hydrogen-bond acceptors (Lipinski definition) is 4. The Morgan fingerprint density at radius 3 is 2.71 bits per heavy atom. The Labute approximate surface area is 44.0 Å². The highest BCUT2D eigenvalue weighted by atomic mass is 32.2. The lowest BCUT2D eigenvalue weighted by atomic mass is 10.7. The van der Waals surface area contributed by atoms with Crippen LogP contribution in [-0.4, -0.2) is 0 Å². The van der Waals surface area contributed by atoms with E-state index in [-0.39, 0.29) is 0 Å². The fraction of sp³-hybridized carbons (Fsp3) is 0. The van der Waals surface area contributed by atoms with Gasteiger partial charge in [-0.25, -0.2) is 0 Å². The van der Waals surface area contributed by atoms with Gasteiger partial charge in [-0.15, -0.1) is 15.0 Å². The molecule has 0 bridgehead atoms. The van der Waals surface area contributed by atoms with Gasteiger partial charge in [-0.1, -0.05) is 0 Å². The molecule has 0 spiro atoms. The Kier molecular flexibility index (Phi) is 0.435. The summed E-state index contributed by atoms with van der Waals surface area (Å²) in [4.78, 5) is 0. The molecule has 1 radical (unpaired) electrons. The predicted octanol–water partition coefficient (Wildman–Crippen LogP) is 0.777. The molecule has 2 aliphatic heterocycles. The molecule has 0 saturated heterocycles. The molecule has 0 aliphatic carbocycles. The molecule has 4 nitrogen and oxygen atoms in total. The molecule has 0 unspecified atom stereocenters. The van der Waals surface area contributed by atoms with Crippen molar-refractivity contribution >= 4 is 12.2 Å². The quantitative estimate of drug-likeness (QED) is 0.345. The molecule has 2 heterocycles. The SMILES string of the molecule is [N]1SOC2=C1N=N2. The lowest BCUT2D eigenvalue weighted by Crippen LogP contribution is -1.92. The molecular weight excluding hydrogens is 114 g/mol. The number of rotatable bonds is 0. The van der Waals surface area contributed by atoms with Gasteiger partial charge in [-0.05, 0) is 0 Å². The summed E-state index contributed by atoms with van der Waals surface area (Å²) >= 11 is 1.02. The third-order valence-electron chi connectivity index (χ3n) is 0.667. The summed E-state index contributed by atoms with van der Waals surface area (Å²) in [5.74, 6) is 1.19. The van der Waals surface area contributed by atoms with Crippen LogP contribution in [0, 0.1) is 0 Å². The number of azo groups is 1. The highest BCUT2D eigenvalue weighted by Gasteiger charge is 2.25. The average Bonchev–Trinajstić information content (AvgIpc) is 1.85. The van der Waals surface area contributed by atoms with Crippen LogP contribution in [0.3, 0.4) is 0 Å². The highest BCUT2D eigenvalue weighted by molar-refractivity contribution is 7.93. The minimum Gasteiger partial charge on any atom is -0.377 e. The van der Waals surface area contributed by atoms with Crippen molar-refractivity contribution in [1.82, 2.24) is 4.72 Å². The third-order valence-corrected chi connectivity index (χ3v) is 1.15. The normalized spacial score (nSPS) is 22.9. The van der Waals surface area contributed by atoms with E-state index in [1.807, 2.05) is 0 Å². The Morgan fingerprint density at radius 2 is 2.43 bits per heavy atom. The monoisotopic (exact) mass is 114 g/mol. The summed E-state index contributed by atoms with van der Waals surface area (Å²) in [6.45, 7) is 0. The van der Waals surface area contributed by atoms with Crippen molar-refractivity contribution in [3.63, 3.8) is 0 Å². The first-order chi connectivity index (χ1) is 3.47. The van der Waals surface area contributed by atoms with E-state index in [1.54, 1.807) is 0 Å². The topological polar surface area (TPSA) is 48.0 Å². The largest absolute Gasteiger partial charge is 0.377 e. The Bertz CT molecular complexity index is 146. The van der Waals surface area contributed by atoms with E-state index in [9.17, 15) is 0 Å². The lowest BCUT2D eigenvalue weighted by Gasteiger charge is -1.94. The lowest BCUT2D eigenvalue weighted by molar-refractivity contribution is 0.470. The van der Waals surface area contributed by atoms with Crippen LogP contribution in [0.1, 0.15) is 0 Å². The minimum absolute atomic E-state index is 0.560. The zero-order chi connectivity index (χ0) is 4.69. The Hall–Kier alpha value is -0.710. The van der Waals surface area contributed by atoms with Gasteiger partial charge in [0.2, 0.25) is 18.0 Å². The van der Waals surface area contributed by atoms with E-state index in [0.717, 1.165) is 12.2 Å². The van der Waals surface area contributed by atoms with Crippen molar-refractivity contribution < 1.29 is 4.18 Å². The van der Waals surface area contributed by atoms with Crippen LogP contribution < -0.4 is 4.72 Å². The molecule has 7 heavy (non-hydrogen) atoms. The van der Waals surface area contributed by atoms with Gasteiger partial charge in [0.25, 0.3) is 5.88 Å². The second kappa shape index (κ2) is 0.919. The van der Waals surface area contributed by atoms with Gasteiger partial charge in [-0.3, -0.25) is 0 Å². The van der Waals surface area contributed by atoms with E-state index in [1.165, 1.54) is 0 Å². The average molecular weight is 114 g/mol. The molecule has 0 atom stereocenters. The van der Waals surface area contributed by atoms with Crippen LogP contribution in [-0.2, 0) is 4.18 Å². The molecule has 0 aromatic heterocycles. The summed E-state index contributed by atoms with van der Waals surface area (Å²) in [7, 11) is 0. The van der Waals surface area contributed by atoms with Crippen LogP contribution in [0.2, 0.25) is 0 Å². The summed E-state index contributed by atoms with van der Waals surface area (Å²) in [5.41, 5.74) is 0. The maximum atomic E-state index is 4.72. The first-order valence-corrected chi connectivity index (χ1v) is 2.37. The molecular formula is C2N3OS. The second-order valence-electron chi connectivity index (χ2n) is 1.08. The molecule has 0 saturated carbocycles. The molecule has 35 valence electrons. The van der Waals surface area contributed by atoms with Crippen molar-refractivity contribution in [2.24, 2.45) is 10.2 Å². The zero-order valence-corrected chi connectivity index (χ0v) is 3.97. The van der Waals surface area contributed by atoms with Crippen LogP contribution >= 0.6 is 12.2 Å². The predicted molar refractivity (Wildman–Crippen MR) is 22.7 cm³/mol. The summed E-state index contributed by atoms with van der Waals surface area (Å²) in [5, 5.41) is 7.02. The van der Waals surface area contributed by atoms with Crippen LogP contribution in [0.4, 0.5) is 0 Å². The van der Waals surface area contributed by atoms with Crippen LogP contribution in [0.15, 0.2) is 21.9 Å². The molecule has 5 heteroatoms. The minimum atomic E-state index is 0.560. The zero-order valence-electron chi connectivity index (χ0n) is 3.16. The molecule has 2 aliphatic rings. The van der Waals surface area contributed by atoms with Gasteiger partial charge in [0.05, 0.1) is 0 Å². The summed E-state index contributed by atoms with van der Waals surface area (Å²) < 4.78 is 8.44. The fourth-order valence-corrected chi connectivity index (χ4v) is 0.737. The van der Waals surface area contributed by atoms with Gasteiger partial charge in [0.1, 0.15) is 0 Å². The van der Waals surface area contributed by atoms with Gasteiger partial charge in [0.15, 0.2) is 0 Å². The third kappa shape index (κ3) is 0.280. The van der Waals surface area contributed by atoms with E-state index < -0.39 is 0 Å². The Morgan fingerprint density at radius 1 is 1.43 bits per heavy atom. The van der Waals surface area contributed by atoms with Gasteiger partial charge < -0.3 is 4.18 Å². The number of hydrogen-bond donors (Lipinski definition) is 0. The summed E-state index contributed by atoms with van der Waals surface area (Å²) in [6.07, 6.45) is 0. The molecule has 0 N–H and O–H groups in total. The van der Waals surface area contributed by atoms with E-state index in [0.29, 0.717) is 11.7 Å². The van der Waals surface area contributed by atoms with Crippen molar-refractivity contribution in [2.45, 2.75) is 0 Å². The molecule has 0 aromatic carbocycles. The number of nitrogens with zero attached hydrogens (tertiary/aromatic N) is 3. The first-order valence-electron chi connectivity index (χ1n) is 1.67. The first kappa shape index (κ1) is 3.31. The standard InChI is InChI=1S/C2N3OS/c3-1-2(4-3)6-7-5-1. The maximum absolute atomic E-state index is 4.72. The van der Waals surface area contributed by atoms with Crippen molar-refractivity contribution in [2.75, 3.05) is 0 Å². The van der Waals surface area contributed by atoms with Crippen molar-refractivity contribution in [1.29, 1.82) is 0 Å². The molecule has 0 aromatic rings. The van der Waals surface area contributed by atoms with Crippen LogP contribution in [0.25, 0.3) is 0 Å². The van der Waals surface area contributed by atoms with E-state index in [2.05, 4.69) is 15.0 Å². The van der Waals surface area contributed by atoms with Gasteiger partial charge in [0, 0.05) is 0 Å². The van der Waals surface area contributed by atoms with Gasteiger partial charge in [-0.2, -0.15) is 0 Å². The second-order valence-corrected chi connectivity index (χ2v) is 1.58. The summed E-state index contributed by atoms with van der Waals surface area (Å²) in [6, 6.07) is 0. The fourth-order valence-electron chi connectivity index (χ4n) is 0.336. The molecule has 0 amide bonds. The van der Waals surface area contributed by atoms with E-state index >= 15 is 0 Å². The van der Waals surface area contributed by atoms with E-state index in [4.69, 9.17) is 4.18 Å². The smallest absolute Gasteiger partial charge is 0.296 e. The van der Waals surface area contributed by atoms with Crippen molar-refractivity contribution in [3.8, 4) is 0 Å². The van der Waals surface area contributed by atoms with Crippen LogP contribution in [0.5, 0.6) is 0 Å². The Balaban J connectivity index is 2.31. The maximum Gasteiger partial charge on any atom is 0.296 e.